The van der Waals surface area contributed by atoms with Gasteiger partial charge in [0.05, 0.1) is 11.6 Å². The van der Waals surface area contributed by atoms with Gasteiger partial charge in [0.2, 0.25) is 5.88 Å². The van der Waals surface area contributed by atoms with Crippen LogP contribution >= 0.6 is 11.6 Å². The van der Waals surface area contributed by atoms with Crippen molar-refractivity contribution in [1.29, 1.82) is 0 Å². The molecule has 1 aromatic heterocycles. The average molecular weight is 438 g/mol. The van der Waals surface area contributed by atoms with E-state index < -0.39 is 11.5 Å². The lowest BCUT2D eigenvalue weighted by atomic mass is 9.88. The predicted molar refractivity (Wildman–Crippen MR) is 114 cm³/mol. The lowest BCUT2D eigenvalue weighted by molar-refractivity contribution is 0.0382. The highest BCUT2D eigenvalue weighted by Crippen LogP contribution is 2.32. The quantitative estimate of drug-likeness (QED) is 0.583. The fourth-order valence-corrected chi connectivity index (χ4v) is 3.71. The third-order valence-corrected chi connectivity index (χ3v) is 5.65. The third-order valence-electron chi connectivity index (χ3n) is 5.36. The number of rotatable bonds is 8. The number of nitrogens with one attached hydrogen (secondary N) is 1. The summed E-state index contributed by atoms with van der Waals surface area (Å²) in [7, 11) is 1.79. The molecule has 30 heavy (non-hydrogen) atoms. The van der Waals surface area contributed by atoms with Gasteiger partial charge in [0.1, 0.15) is 17.3 Å². The molecule has 2 heterocycles. The van der Waals surface area contributed by atoms with Crippen LogP contribution in [0.5, 0.6) is 5.88 Å². The minimum atomic E-state index is -1.28. The van der Waals surface area contributed by atoms with Crippen LogP contribution in [0.1, 0.15) is 42.5 Å². The number of halogens is 3. The van der Waals surface area contributed by atoms with E-state index in [2.05, 4.69) is 10.3 Å². The van der Waals surface area contributed by atoms with Crippen LogP contribution in [0.3, 0.4) is 0 Å². The SMILES string of the molecule is CNc1cccc(OCCCCC2(F)CCN(C(=O)c3ccc(F)c(Cl)c3)CC2)n1. The van der Waals surface area contributed by atoms with Crippen LogP contribution in [0.15, 0.2) is 36.4 Å². The normalized spacial score (nSPS) is 15.7. The second kappa shape index (κ2) is 10.1. The molecule has 8 heteroatoms. The summed E-state index contributed by atoms with van der Waals surface area (Å²) < 4.78 is 34.0. The summed E-state index contributed by atoms with van der Waals surface area (Å²) in [5.74, 6) is 0.469. The van der Waals surface area contributed by atoms with Crippen LogP contribution in [-0.4, -0.2) is 48.2 Å². The molecule has 1 aliphatic rings. The third kappa shape index (κ3) is 5.81. The molecule has 0 bridgehead atoms. The smallest absolute Gasteiger partial charge is 0.253 e. The van der Waals surface area contributed by atoms with Crippen molar-refractivity contribution in [2.75, 3.05) is 32.1 Å². The molecular formula is C22H26ClF2N3O2. The van der Waals surface area contributed by atoms with E-state index in [4.69, 9.17) is 16.3 Å². The Kier molecular flexibility index (Phi) is 7.48. The molecule has 1 saturated heterocycles. The fourth-order valence-electron chi connectivity index (χ4n) is 3.53. The Hall–Kier alpha value is -2.41. The lowest BCUT2D eigenvalue weighted by Gasteiger charge is -2.36. The highest BCUT2D eigenvalue weighted by Gasteiger charge is 2.35. The zero-order valence-electron chi connectivity index (χ0n) is 17.0. The van der Waals surface area contributed by atoms with E-state index in [-0.39, 0.29) is 10.9 Å². The topological polar surface area (TPSA) is 54.5 Å². The van der Waals surface area contributed by atoms with E-state index in [1.807, 2.05) is 12.1 Å². The van der Waals surface area contributed by atoms with Crippen molar-refractivity contribution in [3.8, 4) is 5.88 Å². The standard InChI is InChI=1S/C22H26ClF2N3O2/c1-26-19-5-4-6-20(27-19)30-14-3-2-9-22(25)10-12-28(13-11-22)21(29)16-7-8-18(24)17(23)15-16/h4-8,15H,2-3,9-14H2,1H3,(H,26,27). The Morgan fingerprint density at radius 2 is 2.03 bits per heavy atom. The van der Waals surface area contributed by atoms with E-state index >= 15 is 4.39 Å². The number of pyridine rings is 1. The first-order chi connectivity index (χ1) is 14.4. The minimum Gasteiger partial charge on any atom is -0.478 e. The lowest BCUT2D eigenvalue weighted by Crippen LogP contribution is -2.44. The molecule has 1 aliphatic heterocycles. The van der Waals surface area contributed by atoms with Gasteiger partial charge in [0.25, 0.3) is 5.91 Å². The molecular weight excluding hydrogens is 412 g/mol. The first-order valence-corrected chi connectivity index (χ1v) is 10.5. The van der Waals surface area contributed by atoms with Crippen molar-refractivity contribution >= 4 is 23.3 Å². The highest BCUT2D eigenvalue weighted by atomic mass is 35.5. The molecule has 0 spiro atoms. The number of piperidine rings is 1. The predicted octanol–water partition coefficient (Wildman–Crippen LogP) is 5.11. The number of carbonyl (C=O) groups excluding carboxylic acids is 1. The first-order valence-electron chi connectivity index (χ1n) is 10.1. The number of hydrogen-bond donors (Lipinski definition) is 1. The zero-order valence-corrected chi connectivity index (χ0v) is 17.7. The van der Waals surface area contributed by atoms with Crippen molar-refractivity contribution in [3.63, 3.8) is 0 Å². The minimum absolute atomic E-state index is 0.0900. The number of ether oxygens (including phenoxy) is 1. The molecule has 162 valence electrons. The van der Waals surface area contributed by atoms with Gasteiger partial charge in [-0.3, -0.25) is 4.79 Å². The van der Waals surface area contributed by atoms with Gasteiger partial charge in [0.15, 0.2) is 0 Å². The van der Waals surface area contributed by atoms with Crippen LogP contribution in [0.4, 0.5) is 14.6 Å². The molecule has 2 aromatic rings. The number of aromatic nitrogens is 1. The van der Waals surface area contributed by atoms with Gasteiger partial charge < -0.3 is 15.0 Å². The Morgan fingerprint density at radius 3 is 2.73 bits per heavy atom. The maximum absolute atomic E-state index is 15.1. The summed E-state index contributed by atoms with van der Waals surface area (Å²) in [6, 6.07) is 9.39. The van der Waals surface area contributed by atoms with Crippen molar-refractivity contribution in [1.82, 2.24) is 9.88 Å². The van der Waals surface area contributed by atoms with E-state index in [0.29, 0.717) is 56.8 Å². The van der Waals surface area contributed by atoms with Crippen LogP contribution in [-0.2, 0) is 0 Å². The maximum atomic E-state index is 15.1. The molecule has 3 rings (SSSR count). The Bertz CT molecular complexity index is 873. The molecule has 0 atom stereocenters. The van der Waals surface area contributed by atoms with Gasteiger partial charge in [-0.1, -0.05) is 17.7 Å². The van der Waals surface area contributed by atoms with Gasteiger partial charge in [-0.15, -0.1) is 0 Å². The van der Waals surface area contributed by atoms with Gasteiger partial charge >= 0.3 is 0 Å². The molecule has 1 N–H and O–H groups in total. The zero-order chi connectivity index (χ0) is 21.6. The number of anilines is 1. The molecule has 0 saturated carbocycles. The van der Waals surface area contributed by atoms with Crippen molar-refractivity contribution in [2.45, 2.75) is 37.8 Å². The monoisotopic (exact) mass is 437 g/mol. The molecule has 1 amide bonds. The van der Waals surface area contributed by atoms with Gasteiger partial charge in [0, 0.05) is 31.8 Å². The molecule has 0 radical (unpaired) electrons. The summed E-state index contributed by atoms with van der Waals surface area (Å²) in [5.41, 5.74) is -0.956. The number of benzene rings is 1. The van der Waals surface area contributed by atoms with Gasteiger partial charge in [-0.05, 0) is 56.4 Å². The molecule has 1 aromatic carbocycles. The largest absolute Gasteiger partial charge is 0.478 e. The van der Waals surface area contributed by atoms with Gasteiger partial charge in [-0.25, -0.2) is 8.78 Å². The second-order valence-electron chi connectivity index (χ2n) is 7.49. The molecule has 1 fully saturated rings. The number of alkyl halides is 1. The van der Waals surface area contributed by atoms with Crippen LogP contribution in [0.2, 0.25) is 5.02 Å². The van der Waals surface area contributed by atoms with E-state index in [1.54, 1.807) is 18.0 Å². The van der Waals surface area contributed by atoms with Crippen molar-refractivity contribution in [2.24, 2.45) is 0 Å². The molecule has 0 unspecified atom stereocenters. The number of carbonyl (C=O) groups is 1. The van der Waals surface area contributed by atoms with E-state index in [9.17, 15) is 9.18 Å². The molecule has 0 aliphatic carbocycles. The number of likely N-dealkylation sites (tertiary alicyclic amines) is 1. The second-order valence-corrected chi connectivity index (χ2v) is 7.90. The highest BCUT2D eigenvalue weighted by molar-refractivity contribution is 6.31. The number of amides is 1. The Labute approximate surface area is 180 Å². The van der Waals surface area contributed by atoms with Crippen molar-refractivity contribution < 1.29 is 18.3 Å². The summed E-state index contributed by atoms with van der Waals surface area (Å²) >= 11 is 5.76. The van der Waals surface area contributed by atoms with Crippen LogP contribution < -0.4 is 10.1 Å². The Morgan fingerprint density at radius 1 is 1.27 bits per heavy atom. The molecule has 5 nitrogen and oxygen atoms in total. The van der Waals surface area contributed by atoms with Crippen LogP contribution in [0, 0.1) is 5.82 Å². The van der Waals surface area contributed by atoms with E-state index in [0.717, 1.165) is 12.2 Å². The van der Waals surface area contributed by atoms with Crippen LogP contribution in [0.25, 0.3) is 0 Å². The first kappa shape index (κ1) is 22.3. The average Bonchev–Trinajstić information content (AvgIpc) is 2.75. The fraction of sp³-hybridized carbons (Fsp3) is 0.455. The summed E-state index contributed by atoms with van der Waals surface area (Å²) in [6.07, 6.45) is 2.45. The number of unbranched alkanes of at least 4 members (excludes halogenated alkanes) is 1. The Balaban J connectivity index is 1.40. The van der Waals surface area contributed by atoms with E-state index in [1.165, 1.54) is 18.2 Å². The number of nitrogens with zero attached hydrogens (tertiary/aromatic N) is 2. The maximum Gasteiger partial charge on any atom is 0.253 e. The number of hydrogen-bond acceptors (Lipinski definition) is 4. The summed E-state index contributed by atoms with van der Waals surface area (Å²) in [6.45, 7) is 1.15. The summed E-state index contributed by atoms with van der Waals surface area (Å²) in [5, 5.41) is 2.86. The van der Waals surface area contributed by atoms with Crippen molar-refractivity contribution in [3.05, 3.63) is 52.8 Å². The summed E-state index contributed by atoms with van der Waals surface area (Å²) in [4.78, 5) is 18.4. The van der Waals surface area contributed by atoms with Gasteiger partial charge in [-0.2, -0.15) is 4.98 Å².